The Kier molecular flexibility index (Phi) is 9.71. The summed E-state index contributed by atoms with van der Waals surface area (Å²) in [6.45, 7) is 17.9. The highest BCUT2D eigenvalue weighted by molar-refractivity contribution is 7.91. The number of fused-ring (bicyclic) bond motifs is 1. The lowest BCUT2D eigenvalue weighted by molar-refractivity contribution is -0.143. The van der Waals surface area contributed by atoms with E-state index in [1.54, 1.807) is 48.5 Å². The first kappa shape index (κ1) is 37.0. The third-order valence-electron chi connectivity index (χ3n) is 9.08. The minimum atomic E-state index is -3.89. The van der Waals surface area contributed by atoms with E-state index in [0.717, 1.165) is 5.56 Å². The normalized spacial score (nSPS) is 24.2. The maximum Gasteiger partial charge on any atom is 0.408 e. The Balaban J connectivity index is 1.46. The molecule has 0 radical (unpaired) electrons. The Labute approximate surface area is 293 Å². The number of alkyl carbamates (subject to hydrolysis) is 1. The van der Waals surface area contributed by atoms with E-state index in [1.807, 2.05) is 25.1 Å². The molecule has 1 aromatic heterocycles. The van der Waals surface area contributed by atoms with Gasteiger partial charge in [-0.3, -0.25) is 19.1 Å². The van der Waals surface area contributed by atoms with Crippen molar-refractivity contribution in [3.63, 3.8) is 0 Å². The summed E-state index contributed by atoms with van der Waals surface area (Å²) in [6, 6.07) is 3.43. The molecule has 2 saturated carbocycles. The number of hydrogen-bond acceptors (Lipinski definition) is 10. The fraction of sp³-hybridized carbons (Fsp3) is 0.600. The molecule has 5 atom stereocenters. The monoisotopic (exact) mass is 712 g/mol. The molecule has 3 fully saturated rings. The van der Waals surface area contributed by atoms with Crippen molar-refractivity contribution in [2.24, 2.45) is 11.3 Å². The Morgan fingerprint density at radius 2 is 1.76 bits per heavy atom. The van der Waals surface area contributed by atoms with Gasteiger partial charge in [-0.25, -0.2) is 18.2 Å². The molecule has 2 aliphatic carbocycles. The first-order valence-electron chi connectivity index (χ1n) is 16.9. The van der Waals surface area contributed by atoms with E-state index in [-0.39, 0.29) is 19.4 Å². The molecule has 2 unspecified atom stereocenters. The van der Waals surface area contributed by atoms with Gasteiger partial charge in [-0.15, -0.1) is 6.58 Å². The highest BCUT2D eigenvalue weighted by atomic mass is 32.2. The number of benzene rings is 1. The minimum absolute atomic E-state index is 0.0219. The van der Waals surface area contributed by atoms with Crippen LogP contribution < -0.4 is 20.1 Å². The molecular weight excluding hydrogens is 664 g/mol. The Morgan fingerprint density at radius 1 is 1.08 bits per heavy atom. The van der Waals surface area contributed by atoms with E-state index in [0.29, 0.717) is 35.4 Å². The topological polar surface area (TPSA) is 186 Å². The van der Waals surface area contributed by atoms with Crippen LogP contribution in [0.4, 0.5) is 4.79 Å². The van der Waals surface area contributed by atoms with E-state index in [4.69, 9.17) is 9.47 Å². The van der Waals surface area contributed by atoms with E-state index in [9.17, 15) is 27.6 Å². The smallest absolute Gasteiger partial charge is 0.408 e. The van der Waals surface area contributed by atoms with Gasteiger partial charge in [0.15, 0.2) is 0 Å². The standard InChI is InChI=1S/C35H48N6O8S/c1-10-21-17-35(21,31(44)40-50(46,47)23-12-13-23)39-28(42)26-16-22(48-29-24-15-19(2)11-14-25(24)36-20(3)37-29)18-41(26)30(43)27(33(4,5)6)38-32(45)49-34(7,8)9/h10-11,14-15,21-23,26-27H,1,12-13,16-18H2,2-9H3,(H,38,45)(H,39,42)(H,40,44)/t21-,22?,26?,27-,35-/m1/s1. The number of nitrogens with one attached hydrogen (secondary N) is 3. The number of carbonyl (C=O) groups excluding carboxylic acids is 4. The zero-order valence-corrected chi connectivity index (χ0v) is 30.8. The van der Waals surface area contributed by atoms with Crippen molar-refractivity contribution in [2.45, 2.75) is 116 Å². The minimum Gasteiger partial charge on any atom is -0.472 e. The first-order valence-corrected chi connectivity index (χ1v) is 18.4. The molecule has 15 heteroatoms. The lowest BCUT2D eigenvalue weighted by Gasteiger charge is -2.36. The number of rotatable bonds is 10. The van der Waals surface area contributed by atoms with Gasteiger partial charge in [-0.2, -0.15) is 4.98 Å². The maximum absolute atomic E-state index is 14.4. The molecule has 5 rings (SSSR count). The van der Waals surface area contributed by atoms with Crippen molar-refractivity contribution in [3.8, 4) is 5.88 Å². The van der Waals surface area contributed by atoms with Crippen LogP contribution in [0, 0.1) is 25.2 Å². The number of hydrogen-bond donors (Lipinski definition) is 3. The lowest BCUT2D eigenvalue weighted by Crippen LogP contribution is -2.60. The van der Waals surface area contributed by atoms with Gasteiger partial charge in [0.2, 0.25) is 27.7 Å². The zero-order valence-electron chi connectivity index (χ0n) is 30.0. The average molecular weight is 713 g/mol. The number of amides is 4. The van der Waals surface area contributed by atoms with E-state index >= 15 is 0 Å². The number of sulfonamides is 1. The molecule has 0 bridgehead atoms. The van der Waals surface area contributed by atoms with Crippen LogP contribution in [0.25, 0.3) is 10.9 Å². The summed E-state index contributed by atoms with van der Waals surface area (Å²) < 4.78 is 39.3. The van der Waals surface area contributed by atoms with Crippen molar-refractivity contribution < 1.29 is 37.1 Å². The Bertz CT molecular complexity index is 1830. The molecule has 1 aromatic carbocycles. The molecule has 50 heavy (non-hydrogen) atoms. The van der Waals surface area contributed by atoms with E-state index < -0.39 is 79.7 Å². The molecule has 0 spiro atoms. The summed E-state index contributed by atoms with van der Waals surface area (Å²) in [5, 5.41) is 5.51. The van der Waals surface area contributed by atoms with Crippen molar-refractivity contribution >= 4 is 44.7 Å². The summed E-state index contributed by atoms with van der Waals surface area (Å²) in [5.41, 5.74) is -1.55. The molecule has 3 N–H and O–H groups in total. The summed E-state index contributed by atoms with van der Waals surface area (Å²) >= 11 is 0. The molecule has 4 amide bonds. The van der Waals surface area contributed by atoms with Gasteiger partial charge in [0.1, 0.15) is 35.2 Å². The predicted molar refractivity (Wildman–Crippen MR) is 185 cm³/mol. The largest absolute Gasteiger partial charge is 0.472 e. The van der Waals surface area contributed by atoms with Crippen LogP contribution in [0.3, 0.4) is 0 Å². The molecule has 1 aliphatic heterocycles. The molecule has 14 nitrogen and oxygen atoms in total. The van der Waals surface area contributed by atoms with Crippen LogP contribution in [0.15, 0.2) is 30.9 Å². The van der Waals surface area contributed by atoms with Gasteiger partial charge in [0, 0.05) is 12.3 Å². The lowest BCUT2D eigenvalue weighted by atomic mass is 9.85. The summed E-state index contributed by atoms with van der Waals surface area (Å²) in [7, 11) is -3.89. The number of likely N-dealkylation sites (tertiary alicyclic amines) is 1. The van der Waals surface area contributed by atoms with Gasteiger partial charge in [-0.05, 0) is 71.4 Å². The van der Waals surface area contributed by atoms with Crippen LogP contribution in [-0.4, -0.2) is 88.2 Å². The van der Waals surface area contributed by atoms with Crippen molar-refractivity contribution in [2.75, 3.05) is 6.54 Å². The summed E-state index contributed by atoms with van der Waals surface area (Å²) in [6.07, 6.45) is 1.07. The first-order chi connectivity index (χ1) is 23.1. The molecule has 2 aromatic rings. The SMILES string of the molecule is C=C[C@@H]1C[C@]1(NC(=O)C1CC(Oc2nc(C)nc3ccc(C)cc23)CN1C(=O)[C@@H](NC(=O)OC(C)(C)C)C(C)(C)C)C(=O)NS(=O)(=O)C1CC1. The van der Waals surface area contributed by atoms with Gasteiger partial charge in [0.05, 0.1) is 22.7 Å². The second-order valence-electron chi connectivity index (χ2n) is 15.7. The van der Waals surface area contributed by atoms with Crippen molar-refractivity contribution in [3.05, 3.63) is 42.2 Å². The molecule has 3 aliphatic rings. The van der Waals surface area contributed by atoms with Crippen LogP contribution in [-0.2, 0) is 29.1 Å². The van der Waals surface area contributed by atoms with Crippen molar-refractivity contribution in [1.82, 2.24) is 30.2 Å². The molecule has 1 saturated heterocycles. The third-order valence-corrected chi connectivity index (χ3v) is 10.9. The number of aryl methyl sites for hydroxylation is 2. The van der Waals surface area contributed by atoms with Crippen LogP contribution in [0.2, 0.25) is 0 Å². The summed E-state index contributed by atoms with van der Waals surface area (Å²) in [5.74, 6) is -1.82. The maximum atomic E-state index is 14.4. The molecule has 272 valence electrons. The second kappa shape index (κ2) is 13.1. The summed E-state index contributed by atoms with van der Waals surface area (Å²) in [4.78, 5) is 65.4. The van der Waals surface area contributed by atoms with Gasteiger partial charge in [0.25, 0.3) is 5.91 Å². The highest BCUT2D eigenvalue weighted by Gasteiger charge is 2.62. The Morgan fingerprint density at radius 3 is 2.34 bits per heavy atom. The molecule has 2 heterocycles. The van der Waals surface area contributed by atoms with E-state index in [2.05, 4.69) is 31.9 Å². The Hall–Kier alpha value is -4.27. The van der Waals surface area contributed by atoms with E-state index in [1.165, 1.54) is 11.0 Å². The van der Waals surface area contributed by atoms with Crippen LogP contribution in [0.5, 0.6) is 5.88 Å². The third kappa shape index (κ3) is 8.03. The fourth-order valence-corrected chi connectivity index (χ4v) is 7.57. The molecular formula is C35H48N6O8S. The number of ether oxygens (including phenoxy) is 2. The van der Waals surface area contributed by atoms with Crippen LogP contribution >= 0.6 is 0 Å². The van der Waals surface area contributed by atoms with Gasteiger partial charge >= 0.3 is 6.09 Å². The predicted octanol–water partition coefficient (Wildman–Crippen LogP) is 3.20. The number of nitrogens with zero attached hydrogens (tertiary/aromatic N) is 3. The number of aromatic nitrogens is 2. The van der Waals surface area contributed by atoms with Gasteiger partial charge < -0.3 is 25.0 Å². The number of carbonyl (C=O) groups is 4. The highest BCUT2D eigenvalue weighted by Crippen LogP contribution is 2.45. The second-order valence-corrected chi connectivity index (χ2v) is 17.7. The van der Waals surface area contributed by atoms with Crippen LogP contribution in [0.1, 0.15) is 78.6 Å². The average Bonchev–Trinajstić information content (AvgIpc) is 3.91. The quantitative estimate of drug-likeness (QED) is 0.309. The van der Waals surface area contributed by atoms with Crippen molar-refractivity contribution in [1.29, 1.82) is 0 Å². The zero-order chi connectivity index (χ0) is 37.0. The fourth-order valence-electron chi connectivity index (χ4n) is 6.21. The van der Waals surface area contributed by atoms with Gasteiger partial charge in [-0.1, -0.05) is 38.5 Å².